The molecular formula is C10H18F6N2O7S3. The molecule has 1 fully saturated rings. The molecule has 28 heavy (non-hydrogen) atoms. The second-order valence-electron chi connectivity index (χ2n) is 5.52. The topological polar surface area (TPSA) is 138 Å². The summed E-state index contributed by atoms with van der Waals surface area (Å²) >= 11 is 0. The van der Waals surface area contributed by atoms with Gasteiger partial charge in [-0.1, -0.05) is 10.5 Å². The van der Waals surface area contributed by atoms with E-state index in [0.717, 1.165) is 19.6 Å². The first-order valence-electron chi connectivity index (χ1n) is 7.37. The minimum atomic E-state index is -6.60. The van der Waals surface area contributed by atoms with Gasteiger partial charge in [-0.15, -0.1) is 0 Å². The van der Waals surface area contributed by atoms with E-state index in [0.29, 0.717) is 6.42 Å². The number of halogens is 6. The molecule has 0 atom stereocenters. The first-order valence-corrected chi connectivity index (χ1v) is 11.9. The van der Waals surface area contributed by atoms with Crippen molar-refractivity contribution < 1.29 is 56.1 Å². The normalized spacial score (nSPS) is 17.7. The Morgan fingerprint density at radius 3 is 1.50 bits per heavy atom. The highest BCUT2D eigenvalue weighted by molar-refractivity contribution is 8.05. The molecule has 0 aliphatic carbocycles. The molecule has 1 aliphatic rings. The van der Waals surface area contributed by atoms with E-state index in [9.17, 15) is 51.6 Å². The van der Waals surface area contributed by atoms with Crippen molar-refractivity contribution in [3.05, 3.63) is 0 Å². The molecule has 2 N–H and O–H groups in total. The van der Waals surface area contributed by atoms with Crippen LogP contribution in [0.1, 0.15) is 25.7 Å². The zero-order chi connectivity index (χ0) is 22.4. The summed E-state index contributed by atoms with van der Waals surface area (Å²) < 4.78 is 138. The van der Waals surface area contributed by atoms with Crippen molar-refractivity contribution in [1.29, 1.82) is 0 Å². The molecule has 0 saturated carbocycles. The molecule has 9 nitrogen and oxygen atoms in total. The molecule has 1 saturated heterocycles. The number of sulfonamides is 2. The van der Waals surface area contributed by atoms with Crippen molar-refractivity contribution >= 4 is 30.2 Å². The van der Waals surface area contributed by atoms with Gasteiger partial charge in [-0.3, -0.25) is 4.55 Å². The maximum Gasteiger partial charge on any atom is 0.512 e. The van der Waals surface area contributed by atoms with Crippen LogP contribution in [0, 0.1) is 0 Å². The number of piperidine rings is 1. The summed E-state index contributed by atoms with van der Waals surface area (Å²) in [4.78, 5) is 2.26. The smallest absolute Gasteiger partial charge is 0.303 e. The Bertz CT molecular complexity index is 757. The van der Waals surface area contributed by atoms with Gasteiger partial charge in [-0.25, -0.2) is 16.8 Å². The van der Waals surface area contributed by atoms with Gasteiger partial charge in [0.05, 0.1) is 5.75 Å². The molecule has 1 aliphatic heterocycles. The van der Waals surface area contributed by atoms with E-state index in [2.05, 4.69) is 4.90 Å². The Morgan fingerprint density at radius 1 is 0.786 bits per heavy atom. The van der Waals surface area contributed by atoms with Gasteiger partial charge in [0.15, 0.2) is 0 Å². The second-order valence-corrected chi connectivity index (χ2v) is 10.7. The van der Waals surface area contributed by atoms with E-state index >= 15 is 0 Å². The third-order valence-electron chi connectivity index (χ3n) is 3.15. The number of nitrogens with one attached hydrogen (secondary N) is 1. The average Bonchev–Trinajstić information content (AvgIpc) is 2.44. The van der Waals surface area contributed by atoms with Crippen molar-refractivity contribution in [3.63, 3.8) is 0 Å². The Balaban J connectivity index is 0.000000525. The van der Waals surface area contributed by atoms with Crippen LogP contribution in [0.5, 0.6) is 0 Å². The number of likely N-dealkylation sites (tertiary alicyclic amines) is 1. The fourth-order valence-electron chi connectivity index (χ4n) is 1.89. The second kappa shape index (κ2) is 9.88. The monoisotopic (exact) mass is 488 g/mol. The highest BCUT2D eigenvalue weighted by atomic mass is 32.3. The maximum absolute atomic E-state index is 11.5. The molecule has 0 aromatic carbocycles. The quantitative estimate of drug-likeness (QED) is 0.418. The molecule has 1 rings (SSSR count). The van der Waals surface area contributed by atoms with E-state index < -0.39 is 45.3 Å². The number of nitrogens with zero attached hydrogens (tertiary/aromatic N) is 1. The lowest BCUT2D eigenvalue weighted by molar-refractivity contribution is -0.0476. The number of alkyl halides is 6. The lowest BCUT2D eigenvalue weighted by atomic mass is 10.1. The zero-order valence-corrected chi connectivity index (χ0v) is 16.4. The average molecular weight is 488 g/mol. The number of hydrogen-bond acceptors (Lipinski definition) is 7. The Labute approximate surface area is 157 Å². The van der Waals surface area contributed by atoms with E-state index in [1.54, 1.807) is 0 Å². The van der Waals surface area contributed by atoms with Crippen LogP contribution in [0.2, 0.25) is 0 Å². The van der Waals surface area contributed by atoms with Crippen LogP contribution in [0.15, 0.2) is 0 Å². The summed E-state index contributed by atoms with van der Waals surface area (Å²) in [6.45, 7) is 2.94. The minimum absolute atomic E-state index is 0.108. The Hall–Kier alpha value is -0.690. The van der Waals surface area contributed by atoms with Crippen LogP contribution in [-0.2, 0) is 30.2 Å². The third-order valence-corrected chi connectivity index (χ3v) is 6.93. The van der Waals surface area contributed by atoms with Crippen molar-refractivity contribution in [2.24, 2.45) is 0 Å². The molecule has 1 heterocycles. The van der Waals surface area contributed by atoms with Crippen LogP contribution in [0.25, 0.3) is 0 Å². The lowest BCUT2D eigenvalue weighted by Crippen LogP contribution is -2.45. The predicted octanol–water partition coefficient (Wildman–Crippen LogP) is 1.03. The maximum atomic E-state index is 11.5. The molecule has 0 amide bonds. The van der Waals surface area contributed by atoms with Gasteiger partial charge in [-0.05, 0) is 38.9 Å². The van der Waals surface area contributed by atoms with E-state index in [4.69, 9.17) is 4.55 Å². The van der Waals surface area contributed by atoms with Crippen molar-refractivity contribution in [2.45, 2.75) is 36.7 Å². The minimum Gasteiger partial charge on any atom is -0.303 e. The summed E-state index contributed by atoms with van der Waals surface area (Å²) in [5.74, 6) is -0.108. The third kappa shape index (κ3) is 10.2. The van der Waals surface area contributed by atoms with Crippen molar-refractivity contribution in [1.82, 2.24) is 9.03 Å². The van der Waals surface area contributed by atoms with Gasteiger partial charge < -0.3 is 4.90 Å². The van der Waals surface area contributed by atoms with Crippen LogP contribution in [0.3, 0.4) is 0 Å². The van der Waals surface area contributed by atoms with Gasteiger partial charge >= 0.3 is 31.1 Å². The highest BCUT2D eigenvalue weighted by Crippen LogP contribution is 2.27. The molecule has 170 valence electrons. The van der Waals surface area contributed by atoms with E-state index in [1.165, 1.54) is 19.3 Å². The summed E-state index contributed by atoms with van der Waals surface area (Å²) in [5.41, 5.74) is -12.3. The SMILES string of the molecule is O=S(=O)(NS(=O)(=O)C(F)(F)F)C(F)(F)F.O=S(=O)(O)CCCN1CCCCC1. The van der Waals surface area contributed by atoms with E-state index in [1.807, 2.05) is 0 Å². The van der Waals surface area contributed by atoms with Gasteiger partial charge in [0.2, 0.25) is 0 Å². The predicted molar refractivity (Wildman–Crippen MR) is 84.4 cm³/mol. The lowest BCUT2D eigenvalue weighted by Gasteiger charge is -2.25. The number of hydrogen-bond donors (Lipinski definition) is 2. The first-order chi connectivity index (χ1) is 12.3. The molecule has 0 unspecified atom stereocenters. The van der Waals surface area contributed by atoms with Crippen LogP contribution < -0.4 is 4.13 Å². The molecule has 0 bridgehead atoms. The van der Waals surface area contributed by atoms with Gasteiger partial charge in [-0.2, -0.15) is 34.8 Å². The van der Waals surface area contributed by atoms with Gasteiger partial charge in [0, 0.05) is 0 Å². The van der Waals surface area contributed by atoms with Crippen molar-refractivity contribution in [2.75, 3.05) is 25.4 Å². The highest BCUT2D eigenvalue weighted by Gasteiger charge is 2.55. The number of rotatable bonds is 6. The molecule has 0 aromatic heterocycles. The van der Waals surface area contributed by atoms with Gasteiger partial charge in [0.25, 0.3) is 10.1 Å². The Morgan fingerprint density at radius 2 is 1.18 bits per heavy atom. The summed E-state index contributed by atoms with van der Waals surface area (Å²) in [6, 6.07) is 0. The van der Waals surface area contributed by atoms with Crippen molar-refractivity contribution in [3.8, 4) is 0 Å². The molecule has 0 radical (unpaired) electrons. The summed E-state index contributed by atoms with van der Waals surface area (Å²) in [5, 5.41) is 0. The fraction of sp³-hybridized carbons (Fsp3) is 1.00. The molecular weight excluding hydrogens is 470 g/mol. The Kier molecular flexibility index (Phi) is 9.63. The molecule has 18 heteroatoms. The summed E-state index contributed by atoms with van der Waals surface area (Å²) in [7, 11) is -16.9. The fourth-order valence-corrected chi connectivity index (χ4v) is 4.30. The van der Waals surface area contributed by atoms with Crippen LogP contribution in [-0.4, -0.2) is 71.1 Å². The van der Waals surface area contributed by atoms with Gasteiger partial charge in [0.1, 0.15) is 0 Å². The first kappa shape index (κ1) is 27.3. The molecule has 0 aromatic rings. The van der Waals surface area contributed by atoms with Crippen LogP contribution in [0.4, 0.5) is 26.3 Å². The summed E-state index contributed by atoms with van der Waals surface area (Å²) in [6.07, 6.45) is 4.26. The molecule has 0 spiro atoms. The van der Waals surface area contributed by atoms with E-state index in [-0.39, 0.29) is 5.75 Å². The van der Waals surface area contributed by atoms with Crippen LogP contribution >= 0.6 is 0 Å². The zero-order valence-electron chi connectivity index (χ0n) is 14.0. The standard InChI is InChI=1S/C8H17NO3S.C2HF6NO4S2/c10-13(11,12)8-4-7-9-5-2-1-3-6-9;3-1(4,5)14(10,11)9-15(12,13)2(6,7)8/h1-8H2,(H,10,11,12);9H. The largest absolute Gasteiger partial charge is 0.512 e.